The van der Waals surface area contributed by atoms with E-state index in [0.29, 0.717) is 36.3 Å². The maximum absolute atomic E-state index is 13.3. The smallest absolute Gasteiger partial charge is 0.411 e. The first-order valence-corrected chi connectivity index (χ1v) is 15.0. The lowest BCUT2D eigenvalue weighted by Gasteiger charge is -2.36. The van der Waals surface area contributed by atoms with E-state index in [1.807, 2.05) is 24.6 Å². The van der Waals surface area contributed by atoms with Gasteiger partial charge in [0, 0.05) is 29.4 Å². The van der Waals surface area contributed by atoms with Crippen LogP contribution in [0.2, 0.25) is 5.02 Å². The molecule has 0 radical (unpaired) electrons. The van der Waals surface area contributed by atoms with Gasteiger partial charge in [-0.3, -0.25) is 10.1 Å². The Morgan fingerprint density at radius 1 is 1.20 bits per heavy atom. The highest BCUT2D eigenvalue weighted by Crippen LogP contribution is 2.43. The number of esters is 1. The molecular formula is C29H37ClN2O7S. The zero-order chi connectivity index (χ0) is 28.7. The number of carbonyl (C=O) groups excluding carboxylic acids is 3. The molecule has 2 aromatic rings. The van der Waals surface area contributed by atoms with Crippen LogP contribution in [0.3, 0.4) is 0 Å². The summed E-state index contributed by atoms with van der Waals surface area (Å²) in [7, 11) is 3.40. The summed E-state index contributed by atoms with van der Waals surface area (Å²) >= 11 is 7.56. The van der Waals surface area contributed by atoms with Gasteiger partial charge in [0.15, 0.2) is 11.9 Å². The first kappa shape index (κ1) is 30.3. The predicted octanol–water partition coefficient (Wildman–Crippen LogP) is 5.64. The Morgan fingerprint density at radius 3 is 2.55 bits per heavy atom. The van der Waals surface area contributed by atoms with Crippen molar-refractivity contribution in [2.75, 3.05) is 32.6 Å². The number of carbonyl (C=O) groups is 3. The van der Waals surface area contributed by atoms with Gasteiger partial charge in [0.2, 0.25) is 0 Å². The number of hydrogen-bond donors (Lipinski definition) is 2. The standard InChI is InChI=1S/C29H37ClN2O7S/c1-32(13-14-38-28(35)31-24-17-25(37-2)19(18-33)16-23(24)30)21-9-11-22(12-10-21)39-27(34)29(36,20-6-3-4-7-20)26-8-5-15-40-26/h5,8,15-18,20-22,36H,3-4,6-7,9-14H2,1-2H3,(H,31,35)/t21?,22?,29-/m1/s1. The predicted molar refractivity (Wildman–Crippen MR) is 153 cm³/mol. The fraction of sp³-hybridized carbons (Fsp3) is 0.552. The van der Waals surface area contributed by atoms with E-state index >= 15 is 0 Å². The highest BCUT2D eigenvalue weighted by atomic mass is 35.5. The van der Waals surface area contributed by atoms with Crippen LogP contribution in [0, 0.1) is 5.92 Å². The van der Waals surface area contributed by atoms with Gasteiger partial charge in [-0.2, -0.15) is 0 Å². The summed E-state index contributed by atoms with van der Waals surface area (Å²) in [5.74, 6) is -0.325. The SMILES string of the molecule is COc1cc(NC(=O)OCCN(C)C2CCC(OC(=O)[C@](O)(c3cccs3)C3CCCC3)CC2)c(Cl)cc1C=O. The molecule has 1 aromatic heterocycles. The van der Waals surface area contributed by atoms with Crippen molar-refractivity contribution in [3.8, 4) is 5.75 Å². The van der Waals surface area contributed by atoms with Gasteiger partial charge >= 0.3 is 12.1 Å². The molecule has 1 amide bonds. The first-order chi connectivity index (χ1) is 19.3. The van der Waals surface area contributed by atoms with E-state index in [1.54, 1.807) is 0 Å². The Hall–Kier alpha value is -2.66. The van der Waals surface area contributed by atoms with Crippen molar-refractivity contribution in [1.82, 2.24) is 4.90 Å². The highest BCUT2D eigenvalue weighted by molar-refractivity contribution is 7.10. The summed E-state index contributed by atoms with van der Waals surface area (Å²) in [6, 6.07) is 6.84. The third-order valence-electron chi connectivity index (χ3n) is 8.06. The number of methoxy groups -OCH3 is 1. The molecular weight excluding hydrogens is 556 g/mol. The zero-order valence-corrected chi connectivity index (χ0v) is 24.5. The number of thiophene rings is 1. The second-order valence-corrected chi connectivity index (χ2v) is 11.8. The van der Waals surface area contributed by atoms with Crippen LogP contribution in [0.4, 0.5) is 10.5 Å². The molecule has 2 aliphatic rings. The molecule has 2 aliphatic carbocycles. The van der Waals surface area contributed by atoms with Crippen LogP contribution in [-0.4, -0.2) is 67.8 Å². The summed E-state index contributed by atoms with van der Waals surface area (Å²) in [6.07, 6.45) is 6.53. The molecule has 2 fully saturated rings. The summed E-state index contributed by atoms with van der Waals surface area (Å²) in [5, 5.41) is 16.2. The van der Waals surface area contributed by atoms with Gasteiger partial charge in [0.25, 0.3) is 0 Å². The first-order valence-electron chi connectivity index (χ1n) is 13.7. The van der Waals surface area contributed by atoms with Gasteiger partial charge in [-0.1, -0.05) is 30.5 Å². The van der Waals surface area contributed by atoms with Crippen LogP contribution in [0.15, 0.2) is 29.6 Å². The van der Waals surface area contributed by atoms with E-state index in [1.165, 1.54) is 30.6 Å². The number of halogens is 1. The summed E-state index contributed by atoms with van der Waals surface area (Å²) in [5.41, 5.74) is -0.999. The Labute approximate surface area is 243 Å². The number of hydrogen-bond acceptors (Lipinski definition) is 9. The fourth-order valence-corrected chi connectivity index (χ4v) is 6.81. The largest absolute Gasteiger partial charge is 0.496 e. The molecule has 2 saturated carbocycles. The third-order valence-corrected chi connectivity index (χ3v) is 9.36. The van der Waals surface area contributed by atoms with Crippen molar-refractivity contribution in [1.29, 1.82) is 0 Å². The fourth-order valence-electron chi connectivity index (χ4n) is 5.70. The summed E-state index contributed by atoms with van der Waals surface area (Å²) in [6.45, 7) is 0.705. The highest BCUT2D eigenvalue weighted by Gasteiger charge is 2.49. The number of rotatable bonds is 11. The van der Waals surface area contributed by atoms with Gasteiger partial charge < -0.3 is 24.2 Å². The molecule has 40 heavy (non-hydrogen) atoms. The number of nitrogens with zero attached hydrogens (tertiary/aromatic N) is 1. The van der Waals surface area contributed by atoms with Crippen LogP contribution < -0.4 is 10.1 Å². The molecule has 0 spiro atoms. The zero-order valence-electron chi connectivity index (χ0n) is 22.9. The van der Waals surface area contributed by atoms with Gasteiger partial charge in [-0.05, 0) is 63.1 Å². The molecule has 0 aliphatic heterocycles. The van der Waals surface area contributed by atoms with Gasteiger partial charge in [-0.25, -0.2) is 9.59 Å². The molecule has 1 heterocycles. The van der Waals surface area contributed by atoms with E-state index in [0.717, 1.165) is 38.5 Å². The van der Waals surface area contributed by atoms with Crippen molar-refractivity contribution in [3.63, 3.8) is 0 Å². The lowest BCUT2D eigenvalue weighted by Crippen LogP contribution is -2.45. The maximum atomic E-state index is 13.3. The number of aliphatic hydroxyl groups is 1. The molecule has 2 N–H and O–H groups in total. The second kappa shape index (κ2) is 13.8. The molecule has 4 rings (SSSR count). The van der Waals surface area contributed by atoms with Crippen LogP contribution in [0.25, 0.3) is 0 Å². The Bertz CT molecular complexity index is 1160. The Kier molecular flexibility index (Phi) is 10.5. The quantitative estimate of drug-likeness (QED) is 0.255. The van der Waals surface area contributed by atoms with Crippen molar-refractivity contribution in [3.05, 3.63) is 45.1 Å². The Morgan fingerprint density at radius 2 is 1.93 bits per heavy atom. The van der Waals surface area contributed by atoms with Gasteiger partial charge in [-0.15, -0.1) is 11.3 Å². The van der Waals surface area contributed by atoms with E-state index in [9.17, 15) is 19.5 Å². The topological polar surface area (TPSA) is 114 Å². The van der Waals surface area contributed by atoms with E-state index in [2.05, 4.69) is 10.2 Å². The number of nitrogens with one attached hydrogen (secondary N) is 1. The van der Waals surface area contributed by atoms with Crippen LogP contribution in [0.1, 0.15) is 66.6 Å². The average Bonchev–Trinajstić information content (AvgIpc) is 3.69. The van der Waals surface area contributed by atoms with Gasteiger partial charge in [0.1, 0.15) is 18.5 Å². The second-order valence-electron chi connectivity index (χ2n) is 10.5. The molecule has 9 nitrogen and oxygen atoms in total. The molecule has 1 atom stereocenters. The minimum atomic E-state index is -1.57. The number of anilines is 1. The van der Waals surface area contributed by atoms with Crippen molar-refractivity contribution >= 4 is 47.0 Å². The number of likely N-dealkylation sites (N-methyl/N-ethyl adjacent to an activating group) is 1. The molecule has 0 saturated heterocycles. The molecule has 1 aromatic carbocycles. The molecule has 218 valence electrons. The normalized spacial score (nSPS) is 21.0. The van der Waals surface area contributed by atoms with E-state index in [4.69, 9.17) is 25.8 Å². The number of ether oxygens (including phenoxy) is 3. The molecule has 0 unspecified atom stereocenters. The number of benzene rings is 1. The number of aldehydes is 1. The summed E-state index contributed by atoms with van der Waals surface area (Å²) < 4.78 is 16.4. The monoisotopic (exact) mass is 592 g/mol. The van der Waals surface area contributed by atoms with Crippen molar-refractivity contribution in [2.24, 2.45) is 5.92 Å². The van der Waals surface area contributed by atoms with Crippen LogP contribution >= 0.6 is 22.9 Å². The lowest BCUT2D eigenvalue weighted by atomic mass is 9.84. The van der Waals surface area contributed by atoms with Gasteiger partial charge in [0.05, 0.1) is 23.4 Å². The van der Waals surface area contributed by atoms with Crippen LogP contribution in [-0.2, 0) is 19.9 Å². The molecule has 0 bridgehead atoms. The van der Waals surface area contributed by atoms with E-state index < -0.39 is 17.7 Å². The minimum Gasteiger partial charge on any atom is -0.496 e. The van der Waals surface area contributed by atoms with E-state index in [-0.39, 0.29) is 40.9 Å². The lowest BCUT2D eigenvalue weighted by molar-refractivity contribution is -0.180. The Balaban J connectivity index is 1.21. The summed E-state index contributed by atoms with van der Waals surface area (Å²) in [4.78, 5) is 39.5. The molecule has 11 heteroatoms. The number of amides is 1. The van der Waals surface area contributed by atoms with Crippen LogP contribution in [0.5, 0.6) is 5.75 Å². The van der Waals surface area contributed by atoms with Crippen molar-refractivity contribution < 1.29 is 33.7 Å². The van der Waals surface area contributed by atoms with Crippen molar-refractivity contribution in [2.45, 2.75) is 69.1 Å². The minimum absolute atomic E-state index is 0.105. The average molecular weight is 593 g/mol. The maximum Gasteiger partial charge on any atom is 0.411 e. The third kappa shape index (κ3) is 6.97.